The van der Waals surface area contributed by atoms with Crippen molar-refractivity contribution in [3.8, 4) is 0 Å². The molecule has 0 saturated carbocycles. The molecular weight excluding hydrogens is 250 g/mol. The molecule has 1 heterocycles. The SMILES string of the molecule is Cc1noc(C(C)NC(C)c2cccc(Cl)c2)n1. The third-order valence-electron chi connectivity index (χ3n) is 2.76. The summed E-state index contributed by atoms with van der Waals surface area (Å²) in [5, 5.41) is 7.92. The van der Waals surface area contributed by atoms with Gasteiger partial charge in [0.1, 0.15) is 0 Å². The normalized spacial score (nSPS) is 14.4. The lowest BCUT2D eigenvalue weighted by molar-refractivity contribution is 0.326. The van der Waals surface area contributed by atoms with E-state index in [0.717, 1.165) is 10.6 Å². The molecule has 0 radical (unpaired) electrons. The Morgan fingerprint density at radius 3 is 2.67 bits per heavy atom. The van der Waals surface area contributed by atoms with Crippen molar-refractivity contribution in [1.29, 1.82) is 0 Å². The second-order valence-electron chi connectivity index (χ2n) is 4.34. The van der Waals surface area contributed by atoms with Crippen LogP contribution in [-0.4, -0.2) is 10.1 Å². The molecule has 0 spiro atoms. The summed E-state index contributed by atoms with van der Waals surface area (Å²) in [7, 11) is 0. The first-order chi connectivity index (χ1) is 8.56. The van der Waals surface area contributed by atoms with E-state index in [1.165, 1.54) is 0 Å². The number of halogens is 1. The van der Waals surface area contributed by atoms with E-state index in [1.807, 2.05) is 31.2 Å². The maximum atomic E-state index is 5.98. The fourth-order valence-electron chi connectivity index (χ4n) is 1.81. The highest BCUT2D eigenvalue weighted by molar-refractivity contribution is 6.30. The lowest BCUT2D eigenvalue weighted by Crippen LogP contribution is -2.22. The minimum atomic E-state index is 0.000168. The van der Waals surface area contributed by atoms with Gasteiger partial charge in [-0.2, -0.15) is 4.98 Å². The minimum Gasteiger partial charge on any atom is -0.338 e. The molecule has 2 rings (SSSR count). The van der Waals surface area contributed by atoms with Crippen LogP contribution in [0.25, 0.3) is 0 Å². The zero-order chi connectivity index (χ0) is 13.1. The van der Waals surface area contributed by atoms with Crippen LogP contribution in [0.2, 0.25) is 5.02 Å². The van der Waals surface area contributed by atoms with Crippen LogP contribution < -0.4 is 5.32 Å². The summed E-state index contributed by atoms with van der Waals surface area (Å²) in [6, 6.07) is 7.95. The van der Waals surface area contributed by atoms with Gasteiger partial charge >= 0.3 is 0 Å². The van der Waals surface area contributed by atoms with E-state index in [1.54, 1.807) is 6.92 Å². The predicted octanol–water partition coefficient (Wildman–Crippen LogP) is 3.44. The summed E-state index contributed by atoms with van der Waals surface area (Å²) >= 11 is 5.98. The van der Waals surface area contributed by atoms with Crippen LogP contribution in [0.5, 0.6) is 0 Å². The average molecular weight is 266 g/mol. The van der Waals surface area contributed by atoms with Gasteiger partial charge in [-0.15, -0.1) is 0 Å². The zero-order valence-corrected chi connectivity index (χ0v) is 11.4. The quantitative estimate of drug-likeness (QED) is 0.920. The first-order valence-corrected chi connectivity index (χ1v) is 6.26. The topological polar surface area (TPSA) is 51.0 Å². The van der Waals surface area contributed by atoms with Crippen LogP contribution in [-0.2, 0) is 0 Å². The molecule has 96 valence electrons. The standard InChI is InChI=1S/C13H16ClN3O/c1-8(11-5-4-6-12(14)7-11)15-9(2)13-16-10(3)17-18-13/h4-9,15H,1-3H3. The van der Waals surface area contributed by atoms with Crippen molar-refractivity contribution < 1.29 is 4.52 Å². The van der Waals surface area contributed by atoms with Crippen molar-refractivity contribution in [3.05, 3.63) is 46.6 Å². The number of nitrogens with zero attached hydrogens (tertiary/aromatic N) is 2. The van der Waals surface area contributed by atoms with E-state index in [4.69, 9.17) is 16.1 Å². The molecule has 1 N–H and O–H groups in total. The van der Waals surface area contributed by atoms with Gasteiger partial charge in [-0.25, -0.2) is 0 Å². The number of aryl methyl sites for hydroxylation is 1. The van der Waals surface area contributed by atoms with E-state index in [2.05, 4.69) is 22.4 Å². The first-order valence-electron chi connectivity index (χ1n) is 5.88. The Bertz CT molecular complexity index is 526. The lowest BCUT2D eigenvalue weighted by atomic mass is 10.1. The van der Waals surface area contributed by atoms with E-state index < -0.39 is 0 Å². The smallest absolute Gasteiger partial charge is 0.243 e. The molecule has 0 aliphatic carbocycles. The highest BCUT2D eigenvalue weighted by atomic mass is 35.5. The number of benzene rings is 1. The highest BCUT2D eigenvalue weighted by Gasteiger charge is 2.16. The molecule has 0 bridgehead atoms. The molecule has 2 aromatic rings. The molecule has 0 aliphatic heterocycles. The third-order valence-corrected chi connectivity index (χ3v) is 3.00. The van der Waals surface area contributed by atoms with Gasteiger partial charge in [-0.1, -0.05) is 28.9 Å². The Hall–Kier alpha value is -1.39. The van der Waals surface area contributed by atoms with Gasteiger partial charge in [0.2, 0.25) is 5.89 Å². The Morgan fingerprint density at radius 2 is 2.06 bits per heavy atom. The van der Waals surface area contributed by atoms with Gasteiger partial charge in [-0.05, 0) is 38.5 Å². The van der Waals surface area contributed by atoms with Crippen LogP contribution in [0.3, 0.4) is 0 Å². The Labute approximate surface area is 111 Å². The van der Waals surface area contributed by atoms with Crippen LogP contribution in [0.4, 0.5) is 0 Å². The fraction of sp³-hybridized carbons (Fsp3) is 0.385. The van der Waals surface area contributed by atoms with Crippen LogP contribution in [0.15, 0.2) is 28.8 Å². The minimum absolute atomic E-state index is 0.000168. The largest absolute Gasteiger partial charge is 0.338 e. The van der Waals surface area contributed by atoms with Crippen molar-refractivity contribution in [2.75, 3.05) is 0 Å². The molecular formula is C13H16ClN3O. The van der Waals surface area contributed by atoms with Crippen molar-refractivity contribution in [3.63, 3.8) is 0 Å². The number of nitrogens with one attached hydrogen (secondary N) is 1. The van der Waals surface area contributed by atoms with E-state index in [9.17, 15) is 0 Å². The summed E-state index contributed by atoms with van der Waals surface area (Å²) < 4.78 is 5.14. The molecule has 0 saturated heterocycles. The molecule has 4 nitrogen and oxygen atoms in total. The van der Waals surface area contributed by atoms with Gasteiger partial charge in [0.25, 0.3) is 0 Å². The van der Waals surface area contributed by atoms with E-state index in [0.29, 0.717) is 11.7 Å². The summed E-state index contributed by atoms with van der Waals surface area (Å²) in [6.45, 7) is 5.87. The maximum Gasteiger partial charge on any atom is 0.243 e. The lowest BCUT2D eigenvalue weighted by Gasteiger charge is -2.17. The van der Waals surface area contributed by atoms with Gasteiger partial charge < -0.3 is 4.52 Å². The van der Waals surface area contributed by atoms with Crippen molar-refractivity contribution >= 4 is 11.6 Å². The zero-order valence-electron chi connectivity index (χ0n) is 10.6. The van der Waals surface area contributed by atoms with E-state index >= 15 is 0 Å². The van der Waals surface area contributed by atoms with Crippen molar-refractivity contribution in [2.24, 2.45) is 0 Å². The summed E-state index contributed by atoms with van der Waals surface area (Å²) in [5.41, 5.74) is 1.13. The second kappa shape index (κ2) is 5.50. The molecule has 18 heavy (non-hydrogen) atoms. The summed E-state index contributed by atoms with van der Waals surface area (Å²) in [4.78, 5) is 4.21. The maximum absolute atomic E-state index is 5.98. The molecule has 0 aliphatic rings. The molecule has 1 aromatic carbocycles. The van der Waals surface area contributed by atoms with Gasteiger partial charge in [0, 0.05) is 11.1 Å². The first kappa shape index (κ1) is 13.1. The number of aromatic nitrogens is 2. The van der Waals surface area contributed by atoms with E-state index in [-0.39, 0.29) is 12.1 Å². The molecule has 2 atom stereocenters. The highest BCUT2D eigenvalue weighted by Crippen LogP contribution is 2.20. The number of rotatable bonds is 4. The Kier molecular flexibility index (Phi) is 3.99. The second-order valence-corrected chi connectivity index (χ2v) is 4.78. The average Bonchev–Trinajstić information content (AvgIpc) is 2.76. The molecule has 2 unspecified atom stereocenters. The van der Waals surface area contributed by atoms with Crippen molar-refractivity contribution in [2.45, 2.75) is 32.9 Å². The van der Waals surface area contributed by atoms with Gasteiger partial charge in [0.15, 0.2) is 5.82 Å². The van der Waals surface area contributed by atoms with Crippen LogP contribution >= 0.6 is 11.6 Å². The summed E-state index contributed by atoms with van der Waals surface area (Å²) in [6.07, 6.45) is 0. The van der Waals surface area contributed by atoms with Crippen LogP contribution in [0, 0.1) is 6.92 Å². The van der Waals surface area contributed by atoms with Crippen LogP contribution in [0.1, 0.15) is 43.2 Å². The van der Waals surface area contributed by atoms with Gasteiger partial charge in [0.05, 0.1) is 6.04 Å². The number of hydrogen-bond acceptors (Lipinski definition) is 4. The molecule has 0 fully saturated rings. The Morgan fingerprint density at radius 1 is 1.28 bits per heavy atom. The monoisotopic (exact) mass is 265 g/mol. The number of hydrogen-bond donors (Lipinski definition) is 1. The third kappa shape index (κ3) is 3.09. The molecule has 1 aromatic heterocycles. The molecule has 5 heteroatoms. The van der Waals surface area contributed by atoms with Gasteiger partial charge in [-0.3, -0.25) is 5.32 Å². The fourth-order valence-corrected chi connectivity index (χ4v) is 2.01. The molecule has 0 amide bonds. The predicted molar refractivity (Wildman–Crippen MR) is 70.5 cm³/mol. The Balaban J connectivity index is 2.05. The van der Waals surface area contributed by atoms with Crippen molar-refractivity contribution in [1.82, 2.24) is 15.5 Å². The summed E-state index contributed by atoms with van der Waals surface area (Å²) in [5.74, 6) is 1.25.